The van der Waals surface area contributed by atoms with Gasteiger partial charge >= 0.3 is 0 Å². The van der Waals surface area contributed by atoms with Crippen LogP contribution in [0.4, 0.5) is 0 Å². The summed E-state index contributed by atoms with van der Waals surface area (Å²) in [6, 6.07) is 15.3. The first kappa shape index (κ1) is 17.8. The Morgan fingerprint density at radius 3 is 2.73 bits per heavy atom. The van der Waals surface area contributed by atoms with E-state index in [-0.39, 0.29) is 5.91 Å². The predicted molar refractivity (Wildman–Crippen MR) is 101 cm³/mol. The van der Waals surface area contributed by atoms with Crippen LogP contribution in [0.1, 0.15) is 12.2 Å². The number of aryl methyl sites for hydroxylation is 1. The van der Waals surface area contributed by atoms with Crippen molar-refractivity contribution in [2.45, 2.75) is 12.8 Å². The van der Waals surface area contributed by atoms with E-state index in [2.05, 4.69) is 10.3 Å². The molecule has 0 unspecified atom stereocenters. The van der Waals surface area contributed by atoms with Gasteiger partial charge in [-0.3, -0.25) is 4.79 Å². The van der Waals surface area contributed by atoms with E-state index in [0.29, 0.717) is 26.0 Å². The molecule has 6 heteroatoms. The number of methoxy groups -OCH3 is 1. The molecule has 0 radical (unpaired) electrons. The van der Waals surface area contributed by atoms with Gasteiger partial charge in [0.1, 0.15) is 17.3 Å². The highest BCUT2D eigenvalue weighted by molar-refractivity contribution is 5.78. The van der Waals surface area contributed by atoms with Crippen LogP contribution in [0.15, 0.2) is 48.5 Å². The highest BCUT2D eigenvalue weighted by atomic mass is 16.5. The molecule has 1 amide bonds. The van der Waals surface area contributed by atoms with Gasteiger partial charge in [0, 0.05) is 26.1 Å². The fraction of sp³-hybridized carbons (Fsp3) is 0.300. The van der Waals surface area contributed by atoms with Gasteiger partial charge in [0.2, 0.25) is 5.91 Å². The van der Waals surface area contributed by atoms with E-state index in [1.54, 1.807) is 7.11 Å². The normalized spacial score (nSPS) is 10.7. The van der Waals surface area contributed by atoms with Crippen molar-refractivity contribution in [2.24, 2.45) is 7.05 Å². The molecule has 0 saturated carbocycles. The minimum atomic E-state index is -0.0265. The Morgan fingerprint density at radius 2 is 1.96 bits per heavy atom. The van der Waals surface area contributed by atoms with Crippen LogP contribution in [0.5, 0.6) is 11.5 Å². The monoisotopic (exact) mass is 353 g/mol. The van der Waals surface area contributed by atoms with Crippen LogP contribution < -0.4 is 14.8 Å². The molecule has 1 aromatic heterocycles. The number of hydrogen-bond acceptors (Lipinski definition) is 4. The highest BCUT2D eigenvalue weighted by Crippen LogP contribution is 2.21. The summed E-state index contributed by atoms with van der Waals surface area (Å²) in [6.07, 6.45) is 0.993. The number of para-hydroxylation sites is 1. The van der Waals surface area contributed by atoms with Crippen LogP contribution >= 0.6 is 0 Å². The van der Waals surface area contributed by atoms with Crippen molar-refractivity contribution in [2.75, 3.05) is 20.3 Å². The lowest BCUT2D eigenvalue weighted by molar-refractivity contribution is -0.121. The maximum absolute atomic E-state index is 11.9. The summed E-state index contributed by atoms with van der Waals surface area (Å²) in [5, 5.41) is 2.91. The molecule has 0 spiro atoms. The Balaban J connectivity index is 1.46. The van der Waals surface area contributed by atoms with Gasteiger partial charge in [-0.15, -0.1) is 0 Å². The largest absolute Gasteiger partial charge is 0.497 e. The fourth-order valence-electron chi connectivity index (χ4n) is 2.76. The first-order chi connectivity index (χ1) is 12.7. The molecule has 0 fully saturated rings. The van der Waals surface area contributed by atoms with Gasteiger partial charge in [0.25, 0.3) is 0 Å². The van der Waals surface area contributed by atoms with E-state index >= 15 is 0 Å². The maximum Gasteiger partial charge on any atom is 0.223 e. The van der Waals surface area contributed by atoms with E-state index in [4.69, 9.17) is 9.47 Å². The van der Waals surface area contributed by atoms with Crippen LogP contribution in [0.3, 0.4) is 0 Å². The molecule has 0 aliphatic carbocycles. The number of benzene rings is 2. The predicted octanol–water partition coefficient (Wildman–Crippen LogP) is 2.71. The highest BCUT2D eigenvalue weighted by Gasteiger charge is 2.09. The average Bonchev–Trinajstić information content (AvgIpc) is 2.98. The zero-order chi connectivity index (χ0) is 18.4. The van der Waals surface area contributed by atoms with E-state index in [9.17, 15) is 4.79 Å². The fourth-order valence-corrected chi connectivity index (χ4v) is 2.76. The lowest BCUT2D eigenvalue weighted by Gasteiger charge is -2.07. The van der Waals surface area contributed by atoms with Crippen molar-refractivity contribution in [1.82, 2.24) is 14.9 Å². The number of carbonyl (C=O) groups excluding carboxylic acids is 1. The molecule has 136 valence electrons. The van der Waals surface area contributed by atoms with E-state index < -0.39 is 0 Å². The smallest absolute Gasteiger partial charge is 0.223 e. The number of fused-ring (bicyclic) bond motifs is 1. The SMILES string of the molecule is COc1ccc2c(c1)nc(CCNC(=O)CCOc1ccccc1)n2C. The molecule has 0 aliphatic heterocycles. The van der Waals surface area contributed by atoms with E-state index in [1.165, 1.54) is 0 Å². The Morgan fingerprint density at radius 1 is 1.15 bits per heavy atom. The Hall–Kier alpha value is -3.02. The van der Waals surface area contributed by atoms with Gasteiger partial charge in [0.05, 0.1) is 31.2 Å². The quantitative estimate of drug-likeness (QED) is 0.676. The summed E-state index contributed by atoms with van der Waals surface area (Å²) in [4.78, 5) is 16.6. The van der Waals surface area contributed by atoms with Gasteiger partial charge in [-0.1, -0.05) is 18.2 Å². The minimum Gasteiger partial charge on any atom is -0.497 e. The zero-order valence-electron chi connectivity index (χ0n) is 15.1. The van der Waals surface area contributed by atoms with Crippen molar-refractivity contribution < 1.29 is 14.3 Å². The second-order valence-electron chi connectivity index (χ2n) is 5.95. The second-order valence-corrected chi connectivity index (χ2v) is 5.95. The molecule has 0 saturated heterocycles. The van der Waals surface area contributed by atoms with Crippen LogP contribution in [0, 0.1) is 0 Å². The van der Waals surface area contributed by atoms with E-state index in [1.807, 2.05) is 60.1 Å². The number of imidazole rings is 1. The number of amides is 1. The van der Waals surface area contributed by atoms with Gasteiger partial charge < -0.3 is 19.4 Å². The lowest BCUT2D eigenvalue weighted by Crippen LogP contribution is -2.27. The number of nitrogens with zero attached hydrogens (tertiary/aromatic N) is 2. The summed E-state index contributed by atoms with van der Waals surface area (Å²) in [5.74, 6) is 2.46. The number of rotatable bonds is 8. The summed E-state index contributed by atoms with van der Waals surface area (Å²) in [7, 11) is 3.62. The third kappa shape index (κ3) is 4.33. The first-order valence-electron chi connectivity index (χ1n) is 8.61. The third-order valence-corrected chi connectivity index (χ3v) is 4.19. The molecule has 3 aromatic rings. The second kappa shape index (κ2) is 8.38. The first-order valence-corrected chi connectivity index (χ1v) is 8.61. The minimum absolute atomic E-state index is 0.0265. The maximum atomic E-state index is 11.9. The van der Waals surface area contributed by atoms with Crippen molar-refractivity contribution in [1.29, 1.82) is 0 Å². The molecule has 0 atom stereocenters. The Bertz CT molecular complexity index is 875. The lowest BCUT2D eigenvalue weighted by atomic mass is 10.3. The number of hydrogen-bond donors (Lipinski definition) is 1. The molecule has 0 aliphatic rings. The molecule has 3 rings (SSSR count). The number of nitrogens with one attached hydrogen (secondary N) is 1. The summed E-state index contributed by atoms with van der Waals surface area (Å²) in [5.41, 5.74) is 1.94. The van der Waals surface area contributed by atoms with Gasteiger partial charge in [-0.25, -0.2) is 4.98 Å². The molecule has 1 N–H and O–H groups in total. The van der Waals surface area contributed by atoms with Crippen molar-refractivity contribution in [3.63, 3.8) is 0 Å². The zero-order valence-corrected chi connectivity index (χ0v) is 15.1. The summed E-state index contributed by atoms with van der Waals surface area (Å²) < 4.78 is 12.8. The van der Waals surface area contributed by atoms with Gasteiger partial charge in [-0.2, -0.15) is 0 Å². The topological polar surface area (TPSA) is 65.4 Å². The van der Waals surface area contributed by atoms with Crippen molar-refractivity contribution in [3.05, 3.63) is 54.4 Å². The molecule has 0 bridgehead atoms. The Kier molecular flexibility index (Phi) is 5.73. The van der Waals surface area contributed by atoms with Crippen molar-refractivity contribution in [3.8, 4) is 11.5 Å². The molecule has 1 heterocycles. The molecule has 26 heavy (non-hydrogen) atoms. The molecular weight excluding hydrogens is 330 g/mol. The summed E-state index contributed by atoms with van der Waals surface area (Å²) >= 11 is 0. The van der Waals surface area contributed by atoms with Gasteiger partial charge in [0.15, 0.2) is 0 Å². The average molecular weight is 353 g/mol. The summed E-state index contributed by atoms with van der Waals surface area (Å²) in [6.45, 7) is 0.903. The molecule has 2 aromatic carbocycles. The van der Waals surface area contributed by atoms with E-state index in [0.717, 1.165) is 28.4 Å². The van der Waals surface area contributed by atoms with Crippen LogP contribution in [0.25, 0.3) is 11.0 Å². The third-order valence-electron chi connectivity index (χ3n) is 4.19. The van der Waals surface area contributed by atoms with Crippen LogP contribution in [-0.2, 0) is 18.3 Å². The molecular formula is C20H23N3O3. The number of ether oxygens (including phenoxy) is 2. The standard InChI is InChI=1S/C20H23N3O3/c1-23-18-9-8-16(25-2)14-17(18)22-19(23)10-12-21-20(24)11-13-26-15-6-4-3-5-7-15/h3-9,14H,10-13H2,1-2H3,(H,21,24). The van der Waals surface area contributed by atoms with Crippen LogP contribution in [0.2, 0.25) is 0 Å². The molecule has 6 nitrogen and oxygen atoms in total. The Labute approximate surface area is 152 Å². The number of aromatic nitrogens is 2. The number of carbonyl (C=O) groups is 1. The van der Waals surface area contributed by atoms with Crippen LogP contribution in [-0.4, -0.2) is 35.7 Å². The van der Waals surface area contributed by atoms with Crippen molar-refractivity contribution >= 4 is 16.9 Å². The van der Waals surface area contributed by atoms with Gasteiger partial charge in [-0.05, 0) is 24.3 Å².